The summed E-state index contributed by atoms with van der Waals surface area (Å²) in [6.45, 7) is 2.00. The predicted molar refractivity (Wildman–Crippen MR) is 97.2 cm³/mol. The first-order chi connectivity index (χ1) is 12.0. The number of fused-ring (bicyclic) bond motifs is 1. The first kappa shape index (κ1) is 18.0. The molecule has 7 heteroatoms. The summed E-state index contributed by atoms with van der Waals surface area (Å²) in [5.41, 5.74) is 1.34. The molecule has 25 heavy (non-hydrogen) atoms. The van der Waals surface area contributed by atoms with Crippen molar-refractivity contribution in [3.63, 3.8) is 0 Å². The standard InChI is InChI=1S/C18H19NO4S2/c1-2-23-18(20)13-7-9-14(10-8-13)25(21,22)19-16-11-12-24-17-6-4-3-5-15(16)17/h3-10,16,19H,2,11-12H2,1H3/t16-/m1/s1. The zero-order chi connectivity index (χ0) is 17.9. The fourth-order valence-corrected chi connectivity index (χ4v) is 5.08. The van der Waals surface area contributed by atoms with Gasteiger partial charge in [-0.05, 0) is 55.0 Å². The Morgan fingerprint density at radius 2 is 1.92 bits per heavy atom. The highest BCUT2D eigenvalue weighted by Gasteiger charge is 2.26. The third-order valence-electron chi connectivity index (χ3n) is 3.93. The van der Waals surface area contributed by atoms with Gasteiger partial charge in [0.2, 0.25) is 10.0 Å². The molecule has 2 aromatic rings. The minimum Gasteiger partial charge on any atom is -0.462 e. The van der Waals surface area contributed by atoms with Crippen LogP contribution in [0.15, 0.2) is 58.3 Å². The molecular formula is C18H19NO4S2. The molecule has 0 fully saturated rings. The maximum Gasteiger partial charge on any atom is 0.338 e. The third-order valence-corrected chi connectivity index (χ3v) is 6.54. The summed E-state index contributed by atoms with van der Waals surface area (Å²) in [5, 5.41) is 0. The van der Waals surface area contributed by atoms with Gasteiger partial charge in [0.1, 0.15) is 0 Å². The van der Waals surface area contributed by atoms with Crippen molar-refractivity contribution >= 4 is 27.8 Å². The van der Waals surface area contributed by atoms with E-state index in [1.807, 2.05) is 24.3 Å². The van der Waals surface area contributed by atoms with Gasteiger partial charge < -0.3 is 4.74 Å². The van der Waals surface area contributed by atoms with Crippen LogP contribution in [0.3, 0.4) is 0 Å². The van der Waals surface area contributed by atoms with Gasteiger partial charge in [-0.2, -0.15) is 0 Å². The van der Waals surface area contributed by atoms with E-state index in [2.05, 4.69) is 4.72 Å². The second kappa shape index (κ2) is 7.59. The highest BCUT2D eigenvalue weighted by atomic mass is 32.2. The van der Waals surface area contributed by atoms with Crippen LogP contribution in [0.5, 0.6) is 0 Å². The van der Waals surface area contributed by atoms with Crippen molar-refractivity contribution in [2.75, 3.05) is 12.4 Å². The zero-order valence-corrected chi connectivity index (χ0v) is 15.4. The molecule has 3 rings (SSSR count). The Labute approximate surface area is 151 Å². The van der Waals surface area contributed by atoms with Crippen LogP contribution in [0.2, 0.25) is 0 Å². The Morgan fingerprint density at radius 3 is 2.64 bits per heavy atom. The number of carbonyl (C=O) groups excluding carboxylic acids is 1. The van der Waals surface area contributed by atoms with Crippen LogP contribution < -0.4 is 4.72 Å². The molecular weight excluding hydrogens is 358 g/mol. The first-order valence-corrected chi connectivity index (χ1v) is 10.5. The Kier molecular flexibility index (Phi) is 5.46. The van der Waals surface area contributed by atoms with Crippen LogP contribution in [-0.4, -0.2) is 26.7 Å². The fourth-order valence-electron chi connectivity index (χ4n) is 2.70. The van der Waals surface area contributed by atoms with Gasteiger partial charge in [-0.3, -0.25) is 0 Å². The van der Waals surface area contributed by atoms with Gasteiger partial charge in [-0.25, -0.2) is 17.9 Å². The number of hydrogen-bond donors (Lipinski definition) is 1. The molecule has 0 spiro atoms. The largest absolute Gasteiger partial charge is 0.462 e. The smallest absolute Gasteiger partial charge is 0.338 e. The van der Waals surface area contributed by atoms with E-state index in [0.717, 1.165) is 22.6 Å². The first-order valence-electron chi connectivity index (χ1n) is 8.02. The molecule has 1 aliphatic rings. The molecule has 132 valence electrons. The summed E-state index contributed by atoms with van der Waals surface area (Å²) in [7, 11) is -3.67. The van der Waals surface area contributed by atoms with Gasteiger partial charge in [-0.15, -0.1) is 11.8 Å². The van der Waals surface area contributed by atoms with Crippen LogP contribution in [0, 0.1) is 0 Å². The summed E-state index contributed by atoms with van der Waals surface area (Å²) in [6.07, 6.45) is 0.738. The molecule has 0 aromatic heterocycles. The number of hydrogen-bond acceptors (Lipinski definition) is 5. The summed E-state index contributed by atoms with van der Waals surface area (Å²) in [6, 6.07) is 13.4. The second-order valence-electron chi connectivity index (χ2n) is 5.59. The summed E-state index contributed by atoms with van der Waals surface area (Å²) in [4.78, 5) is 12.9. The van der Waals surface area contributed by atoms with Gasteiger partial charge in [0.15, 0.2) is 0 Å². The maximum atomic E-state index is 12.7. The topological polar surface area (TPSA) is 72.5 Å². The van der Waals surface area contributed by atoms with Crippen molar-refractivity contribution in [3.8, 4) is 0 Å². The highest BCUT2D eigenvalue weighted by molar-refractivity contribution is 7.99. The van der Waals surface area contributed by atoms with Crippen molar-refractivity contribution in [3.05, 3.63) is 59.7 Å². The zero-order valence-electron chi connectivity index (χ0n) is 13.8. The fraction of sp³-hybridized carbons (Fsp3) is 0.278. The van der Waals surface area contributed by atoms with Crippen molar-refractivity contribution in [2.24, 2.45) is 0 Å². The normalized spacial score (nSPS) is 16.9. The number of esters is 1. The highest BCUT2D eigenvalue weighted by Crippen LogP contribution is 2.36. The number of nitrogens with one attached hydrogen (secondary N) is 1. The molecule has 0 unspecified atom stereocenters. The average molecular weight is 377 g/mol. The lowest BCUT2D eigenvalue weighted by Gasteiger charge is -2.25. The van der Waals surface area contributed by atoms with E-state index in [-0.39, 0.29) is 17.5 Å². The molecule has 0 saturated carbocycles. The Morgan fingerprint density at radius 1 is 1.20 bits per heavy atom. The molecule has 1 atom stereocenters. The monoisotopic (exact) mass is 377 g/mol. The molecule has 0 bridgehead atoms. The van der Waals surface area contributed by atoms with Crippen molar-refractivity contribution in [2.45, 2.75) is 29.2 Å². The lowest BCUT2D eigenvalue weighted by Crippen LogP contribution is -2.30. The molecule has 0 aliphatic carbocycles. The Bertz CT molecular complexity index is 863. The quantitative estimate of drug-likeness (QED) is 0.809. The van der Waals surface area contributed by atoms with Crippen molar-refractivity contribution in [1.82, 2.24) is 4.72 Å². The number of rotatable bonds is 5. The molecule has 2 aromatic carbocycles. The summed E-state index contributed by atoms with van der Waals surface area (Å²) < 4.78 is 33.1. The number of thioether (sulfide) groups is 1. The van der Waals surface area contributed by atoms with Crippen LogP contribution in [0.1, 0.15) is 35.3 Å². The SMILES string of the molecule is CCOC(=O)c1ccc(S(=O)(=O)N[C@@H]2CCSc3ccccc32)cc1. The summed E-state index contributed by atoms with van der Waals surface area (Å²) in [5.74, 6) is 0.407. The van der Waals surface area contributed by atoms with E-state index < -0.39 is 16.0 Å². The van der Waals surface area contributed by atoms with Crippen molar-refractivity contribution in [1.29, 1.82) is 0 Å². The van der Waals surface area contributed by atoms with Gasteiger partial charge >= 0.3 is 5.97 Å². The Hall–Kier alpha value is -1.83. The van der Waals surface area contributed by atoms with Crippen LogP contribution in [-0.2, 0) is 14.8 Å². The van der Waals surface area contributed by atoms with Crippen LogP contribution in [0.4, 0.5) is 0 Å². The van der Waals surface area contributed by atoms with Crippen LogP contribution >= 0.6 is 11.8 Å². The van der Waals surface area contributed by atoms with E-state index in [4.69, 9.17) is 4.74 Å². The van der Waals surface area contributed by atoms with E-state index in [1.54, 1.807) is 18.7 Å². The van der Waals surface area contributed by atoms with Crippen molar-refractivity contribution < 1.29 is 17.9 Å². The molecule has 0 radical (unpaired) electrons. The lowest BCUT2D eigenvalue weighted by atomic mass is 10.1. The predicted octanol–water partition coefficient (Wildman–Crippen LogP) is 3.38. The molecule has 1 heterocycles. The van der Waals surface area contributed by atoms with E-state index in [9.17, 15) is 13.2 Å². The number of sulfonamides is 1. The molecule has 1 N–H and O–H groups in total. The van der Waals surface area contributed by atoms with E-state index in [1.165, 1.54) is 24.3 Å². The maximum absolute atomic E-state index is 12.7. The molecule has 5 nitrogen and oxygen atoms in total. The molecule has 0 amide bonds. The summed E-state index contributed by atoms with van der Waals surface area (Å²) >= 11 is 1.74. The van der Waals surface area contributed by atoms with E-state index >= 15 is 0 Å². The molecule has 0 saturated heterocycles. The van der Waals surface area contributed by atoms with Gasteiger partial charge in [0, 0.05) is 10.9 Å². The third kappa shape index (κ3) is 4.05. The van der Waals surface area contributed by atoms with Gasteiger partial charge in [0.25, 0.3) is 0 Å². The second-order valence-corrected chi connectivity index (χ2v) is 8.44. The Balaban J connectivity index is 1.80. The van der Waals surface area contributed by atoms with Crippen LogP contribution in [0.25, 0.3) is 0 Å². The minimum atomic E-state index is -3.67. The number of carbonyl (C=O) groups is 1. The number of ether oxygens (including phenoxy) is 1. The minimum absolute atomic E-state index is 0.135. The number of benzene rings is 2. The van der Waals surface area contributed by atoms with Gasteiger partial charge in [0.05, 0.1) is 17.1 Å². The van der Waals surface area contributed by atoms with E-state index in [0.29, 0.717) is 5.56 Å². The molecule has 1 aliphatic heterocycles. The average Bonchev–Trinajstić information content (AvgIpc) is 2.62. The van der Waals surface area contributed by atoms with Gasteiger partial charge in [-0.1, -0.05) is 18.2 Å². The lowest BCUT2D eigenvalue weighted by molar-refractivity contribution is 0.0526.